The lowest BCUT2D eigenvalue weighted by atomic mass is 10.1. The van der Waals surface area contributed by atoms with Crippen LogP contribution in [0.15, 0.2) is 6.07 Å². The zero-order valence-corrected chi connectivity index (χ0v) is 12.0. The molecule has 108 valence electrons. The molecule has 1 saturated carbocycles. The van der Waals surface area contributed by atoms with E-state index in [1.165, 1.54) is 11.5 Å². The summed E-state index contributed by atoms with van der Waals surface area (Å²) in [5.41, 5.74) is 0.769. The molecule has 1 N–H and O–H groups in total. The van der Waals surface area contributed by atoms with Crippen molar-refractivity contribution in [3.63, 3.8) is 0 Å². The predicted molar refractivity (Wildman–Crippen MR) is 75.6 cm³/mol. The summed E-state index contributed by atoms with van der Waals surface area (Å²) in [5.74, 6) is 0.974. The molecular formula is C13H13N5O2S. The van der Waals surface area contributed by atoms with E-state index in [-0.39, 0.29) is 17.4 Å². The van der Waals surface area contributed by atoms with Crippen LogP contribution in [0, 0.1) is 0 Å². The first-order valence-corrected chi connectivity index (χ1v) is 7.74. The van der Waals surface area contributed by atoms with Gasteiger partial charge in [-0.15, -0.1) is 0 Å². The molecule has 1 amide bonds. The molecule has 0 atom stereocenters. The van der Waals surface area contributed by atoms with Gasteiger partial charge in [0.15, 0.2) is 11.5 Å². The molecule has 2 aliphatic rings. The van der Waals surface area contributed by atoms with E-state index in [1.54, 1.807) is 10.7 Å². The van der Waals surface area contributed by atoms with Gasteiger partial charge in [-0.25, -0.2) is 4.98 Å². The molecule has 0 saturated heterocycles. The number of aromatic nitrogens is 4. The van der Waals surface area contributed by atoms with Crippen LogP contribution < -0.4 is 5.32 Å². The van der Waals surface area contributed by atoms with Crippen LogP contribution >= 0.6 is 11.5 Å². The largest absolute Gasteiger partial charge is 0.295 e. The Morgan fingerprint density at radius 2 is 2.29 bits per heavy atom. The molecule has 1 fully saturated rings. The number of anilines is 1. The van der Waals surface area contributed by atoms with E-state index in [2.05, 4.69) is 19.8 Å². The van der Waals surface area contributed by atoms with Gasteiger partial charge in [0, 0.05) is 36.5 Å². The van der Waals surface area contributed by atoms with Crippen LogP contribution in [0.3, 0.4) is 0 Å². The maximum atomic E-state index is 12.2. The van der Waals surface area contributed by atoms with Crippen LogP contribution in [0.25, 0.3) is 0 Å². The Morgan fingerprint density at radius 3 is 3.05 bits per heavy atom. The monoisotopic (exact) mass is 303 g/mol. The quantitative estimate of drug-likeness (QED) is 0.934. The van der Waals surface area contributed by atoms with Crippen molar-refractivity contribution >= 4 is 28.4 Å². The number of carbonyl (C=O) groups is 2. The molecule has 0 radical (unpaired) electrons. The summed E-state index contributed by atoms with van der Waals surface area (Å²) in [4.78, 5) is 28.2. The third-order valence-corrected chi connectivity index (χ3v) is 4.32. The predicted octanol–water partition coefficient (Wildman–Crippen LogP) is 1.84. The SMILES string of the molecule is O=C(Nc1nc(C2CC2)ns1)c1cc2n(n1)CCCC2=O. The molecule has 4 rings (SSSR count). The second-order valence-electron chi connectivity index (χ2n) is 5.35. The molecule has 1 aliphatic heterocycles. The minimum atomic E-state index is -0.344. The Labute approximate surface area is 124 Å². The van der Waals surface area contributed by atoms with Gasteiger partial charge < -0.3 is 0 Å². The molecule has 0 aromatic carbocycles. The first kappa shape index (κ1) is 12.6. The maximum absolute atomic E-state index is 12.2. The third-order valence-electron chi connectivity index (χ3n) is 3.68. The number of Topliss-reactive ketones (excluding diaryl/α,β-unsaturated/α-hetero) is 1. The summed E-state index contributed by atoms with van der Waals surface area (Å²) in [5, 5.41) is 7.38. The topological polar surface area (TPSA) is 89.8 Å². The number of amides is 1. The number of hydrogen-bond donors (Lipinski definition) is 1. The lowest BCUT2D eigenvalue weighted by Crippen LogP contribution is -2.17. The summed E-state index contributed by atoms with van der Waals surface area (Å²) < 4.78 is 5.85. The van der Waals surface area contributed by atoms with E-state index < -0.39 is 0 Å². The van der Waals surface area contributed by atoms with Gasteiger partial charge in [-0.2, -0.15) is 9.47 Å². The fraction of sp³-hybridized carbons (Fsp3) is 0.462. The minimum absolute atomic E-state index is 0.0414. The first-order valence-electron chi connectivity index (χ1n) is 6.97. The highest BCUT2D eigenvalue weighted by atomic mass is 32.1. The van der Waals surface area contributed by atoms with Gasteiger partial charge in [0.25, 0.3) is 5.91 Å². The molecule has 1 aliphatic carbocycles. The molecule has 2 aromatic rings. The highest BCUT2D eigenvalue weighted by Crippen LogP contribution is 2.39. The highest BCUT2D eigenvalue weighted by Gasteiger charge is 2.28. The standard InChI is InChI=1S/C13H13N5O2S/c19-10-2-1-5-18-9(10)6-8(16-18)12(20)15-13-14-11(17-21-13)7-3-4-7/h6-7H,1-5H2,(H,14,15,17,20). The molecule has 0 bridgehead atoms. The van der Waals surface area contributed by atoms with Crippen molar-refractivity contribution in [1.29, 1.82) is 0 Å². The molecule has 0 spiro atoms. The van der Waals surface area contributed by atoms with Gasteiger partial charge in [-0.1, -0.05) is 0 Å². The summed E-state index contributed by atoms with van der Waals surface area (Å²) in [6.45, 7) is 0.680. The summed E-state index contributed by atoms with van der Waals surface area (Å²) >= 11 is 1.18. The van der Waals surface area contributed by atoms with E-state index in [4.69, 9.17) is 0 Å². The smallest absolute Gasteiger partial charge is 0.278 e. The second kappa shape index (κ2) is 4.73. The number of aryl methyl sites for hydroxylation is 1. The molecule has 2 aromatic heterocycles. The third kappa shape index (κ3) is 2.35. The summed E-state index contributed by atoms with van der Waals surface area (Å²) in [7, 11) is 0. The van der Waals surface area contributed by atoms with Crippen molar-refractivity contribution in [3.8, 4) is 0 Å². The Kier molecular flexibility index (Phi) is 2.85. The van der Waals surface area contributed by atoms with Crippen LogP contribution in [0.5, 0.6) is 0 Å². The summed E-state index contributed by atoms with van der Waals surface area (Å²) in [6.07, 6.45) is 3.55. The Balaban J connectivity index is 1.52. The fourth-order valence-electron chi connectivity index (χ4n) is 2.39. The minimum Gasteiger partial charge on any atom is -0.295 e. The van der Waals surface area contributed by atoms with Gasteiger partial charge >= 0.3 is 0 Å². The summed E-state index contributed by atoms with van der Waals surface area (Å²) in [6, 6.07) is 1.56. The maximum Gasteiger partial charge on any atom is 0.278 e. The van der Waals surface area contributed by atoms with Crippen LogP contribution in [0.1, 0.15) is 58.4 Å². The van der Waals surface area contributed by atoms with Gasteiger partial charge in [-0.3, -0.25) is 19.6 Å². The number of hydrogen-bond acceptors (Lipinski definition) is 6. The number of fused-ring (bicyclic) bond motifs is 1. The number of nitrogens with zero attached hydrogens (tertiary/aromatic N) is 4. The normalized spacial score (nSPS) is 17.6. The van der Waals surface area contributed by atoms with Crippen molar-refractivity contribution in [2.45, 2.75) is 38.1 Å². The number of carbonyl (C=O) groups excluding carboxylic acids is 2. The van der Waals surface area contributed by atoms with E-state index in [0.29, 0.717) is 29.7 Å². The van der Waals surface area contributed by atoms with Crippen LogP contribution in [0.4, 0.5) is 5.13 Å². The van der Waals surface area contributed by atoms with Crippen molar-refractivity contribution in [2.75, 3.05) is 5.32 Å². The van der Waals surface area contributed by atoms with Gasteiger partial charge in [0.05, 0.1) is 0 Å². The average molecular weight is 303 g/mol. The lowest BCUT2D eigenvalue weighted by Gasteiger charge is -2.10. The molecule has 21 heavy (non-hydrogen) atoms. The van der Waals surface area contributed by atoms with Gasteiger partial charge in [0.1, 0.15) is 11.5 Å². The molecule has 7 nitrogen and oxygen atoms in total. The highest BCUT2D eigenvalue weighted by molar-refractivity contribution is 7.09. The fourth-order valence-corrected chi connectivity index (χ4v) is 3.04. The van der Waals surface area contributed by atoms with Crippen molar-refractivity contribution in [2.24, 2.45) is 0 Å². The van der Waals surface area contributed by atoms with E-state index >= 15 is 0 Å². The van der Waals surface area contributed by atoms with Gasteiger partial charge in [0.2, 0.25) is 5.13 Å². The van der Waals surface area contributed by atoms with Crippen molar-refractivity contribution in [1.82, 2.24) is 19.1 Å². The van der Waals surface area contributed by atoms with Crippen LogP contribution in [-0.2, 0) is 6.54 Å². The zero-order valence-electron chi connectivity index (χ0n) is 11.2. The number of nitrogens with one attached hydrogen (secondary N) is 1. The zero-order chi connectivity index (χ0) is 14.4. The molecular weight excluding hydrogens is 290 g/mol. The van der Waals surface area contributed by atoms with Crippen molar-refractivity contribution < 1.29 is 9.59 Å². The second-order valence-corrected chi connectivity index (χ2v) is 6.10. The number of rotatable bonds is 3. The molecule has 0 unspecified atom stereocenters. The lowest BCUT2D eigenvalue weighted by molar-refractivity contribution is 0.0950. The van der Waals surface area contributed by atoms with E-state index in [9.17, 15) is 9.59 Å². The number of ketones is 1. The van der Waals surface area contributed by atoms with Gasteiger partial charge in [-0.05, 0) is 19.3 Å². The first-order chi connectivity index (χ1) is 10.2. The van der Waals surface area contributed by atoms with Crippen LogP contribution in [0.2, 0.25) is 0 Å². The Bertz CT molecular complexity index is 731. The van der Waals surface area contributed by atoms with E-state index in [1.807, 2.05) is 0 Å². The average Bonchev–Trinajstić information content (AvgIpc) is 3.05. The Hall–Kier alpha value is -2.09. The van der Waals surface area contributed by atoms with Crippen LogP contribution in [-0.4, -0.2) is 30.8 Å². The molecule has 3 heterocycles. The molecule has 8 heteroatoms. The Morgan fingerprint density at radius 1 is 1.43 bits per heavy atom. The van der Waals surface area contributed by atoms with E-state index in [0.717, 1.165) is 25.1 Å². The van der Waals surface area contributed by atoms with Crippen molar-refractivity contribution in [3.05, 3.63) is 23.3 Å².